The minimum atomic E-state index is -0.169. The zero-order chi connectivity index (χ0) is 22.8. The Kier molecular flexibility index (Phi) is 5.24. The lowest BCUT2D eigenvalue weighted by atomic mass is 10.1. The van der Waals surface area contributed by atoms with Crippen LogP contribution in [-0.2, 0) is 0 Å². The number of benzene rings is 2. The van der Waals surface area contributed by atoms with Crippen molar-refractivity contribution < 1.29 is 4.79 Å². The second kappa shape index (κ2) is 8.51. The summed E-state index contributed by atoms with van der Waals surface area (Å²) in [6.45, 7) is 0. The summed E-state index contributed by atoms with van der Waals surface area (Å²) in [4.78, 5) is 19.1. The quantitative estimate of drug-likeness (QED) is 0.446. The van der Waals surface area contributed by atoms with Crippen molar-refractivity contribution in [2.24, 2.45) is 0 Å². The van der Waals surface area contributed by atoms with Gasteiger partial charge in [-0.2, -0.15) is 9.61 Å². The average molecular weight is 435 g/mol. The number of hydrogen-bond acceptors (Lipinski definition) is 6. The molecule has 5 rings (SSSR count). The number of fused-ring (bicyclic) bond motifs is 1. The number of carbonyl (C=O) groups is 1. The van der Waals surface area contributed by atoms with Gasteiger partial charge in [0.15, 0.2) is 5.65 Å². The summed E-state index contributed by atoms with van der Waals surface area (Å²) in [5, 5.41) is 16.1. The monoisotopic (exact) mass is 435 g/mol. The normalized spacial score (nSPS) is 10.8. The SMILES string of the molecule is CN(C)c1ccc(C(=O)Nc2cccc(-c3ccc4nnc(-c5ccccn5)n4n3)c2)cc1. The van der Waals surface area contributed by atoms with Crippen molar-refractivity contribution in [3.8, 4) is 22.8 Å². The van der Waals surface area contributed by atoms with Crippen molar-refractivity contribution in [3.63, 3.8) is 0 Å². The molecule has 1 amide bonds. The zero-order valence-corrected chi connectivity index (χ0v) is 18.2. The van der Waals surface area contributed by atoms with Crippen LogP contribution in [0.1, 0.15) is 10.4 Å². The lowest BCUT2D eigenvalue weighted by Crippen LogP contribution is -2.13. The van der Waals surface area contributed by atoms with Gasteiger partial charge >= 0.3 is 0 Å². The third-order valence-electron chi connectivity index (χ3n) is 5.22. The molecule has 0 unspecified atom stereocenters. The van der Waals surface area contributed by atoms with Gasteiger partial charge in [0.05, 0.1) is 5.69 Å². The van der Waals surface area contributed by atoms with Crippen LogP contribution in [0.2, 0.25) is 0 Å². The first kappa shape index (κ1) is 20.3. The Morgan fingerprint density at radius 3 is 2.48 bits per heavy atom. The zero-order valence-electron chi connectivity index (χ0n) is 18.2. The van der Waals surface area contributed by atoms with Crippen molar-refractivity contribution in [2.75, 3.05) is 24.3 Å². The maximum atomic E-state index is 12.7. The highest BCUT2D eigenvalue weighted by atomic mass is 16.1. The number of nitrogens with one attached hydrogen (secondary N) is 1. The predicted octanol–water partition coefficient (Wildman–Crippen LogP) is 4.17. The second-order valence-electron chi connectivity index (χ2n) is 7.70. The first-order chi connectivity index (χ1) is 16.1. The number of hydrogen-bond donors (Lipinski definition) is 1. The van der Waals surface area contributed by atoms with Gasteiger partial charge in [0.25, 0.3) is 5.91 Å². The van der Waals surface area contributed by atoms with Gasteiger partial charge in [0, 0.05) is 42.8 Å². The number of aromatic nitrogens is 5. The standard InChI is InChI=1S/C25H21N7O/c1-31(2)20-11-9-17(10-12-20)25(33)27-19-7-5-6-18(16-19)21-13-14-23-28-29-24(32(23)30-21)22-8-3-4-15-26-22/h3-16H,1-2H3,(H,27,33). The van der Waals surface area contributed by atoms with Gasteiger partial charge in [-0.3, -0.25) is 9.78 Å². The third-order valence-corrected chi connectivity index (χ3v) is 5.22. The first-order valence-corrected chi connectivity index (χ1v) is 10.4. The van der Waals surface area contributed by atoms with Gasteiger partial charge in [-0.05, 0) is 60.7 Å². The highest BCUT2D eigenvalue weighted by Gasteiger charge is 2.12. The molecule has 0 fully saturated rings. The smallest absolute Gasteiger partial charge is 0.255 e. The van der Waals surface area contributed by atoms with Crippen molar-refractivity contribution in [1.82, 2.24) is 24.8 Å². The Labute approximate surface area is 190 Å². The Hall–Kier alpha value is -4.59. The van der Waals surface area contributed by atoms with Gasteiger partial charge < -0.3 is 10.2 Å². The predicted molar refractivity (Wildman–Crippen MR) is 128 cm³/mol. The van der Waals surface area contributed by atoms with E-state index >= 15 is 0 Å². The summed E-state index contributed by atoms with van der Waals surface area (Å²) in [5.74, 6) is 0.398. The van der Waals surface area contributed by atoms with E-state index in [1.807, 2.05) is 97.9 Å². The topological polar surface area (TPSA) is 88.3 Å². The molecule has 8 heteroatoms. The fourth-order valence-electron chi connectivity index (χ4n) is 3.47. The summed E-state index contributed by atoms with van der Waals surface area (Å²) in [6, 6.07) is 24.4. The van der Waals surface area contributed by atoms with Crippen LogP contribution in [-0.4, -0.2) is 44.8 Å². The van der Waals surface area contributed by atoms with E-state index in [1.165, 1.54) is 0 Å². The molecule has 0 atom stereocenters. The van der Waals surface area contributed by atoms with Crippen LogP contribution in [0.3, 0.4) is 0 Å². The molecule has 5 aromatic rings. The van der Waals surface area contributed by atoms with Crippen molar-refractivity contribution in [3.05, 3.63) is 90.6 Å². The molecule has 3 heterocycles. The van der Waals surface area contributed by atoms with E-state index in [1.54, 1.807) is 10.7 Å². The maximum Gasteiger partial charge on any atom is 0.255 e. The number of pyridine rings is 1. The number of rotatable bonds is 5. The van der Waals surface area contributed by atoms with E-state index in [-0.39, 0.29) is 5.91 Å². The molecule has 0 bridgehead atoms. The molecule has 1 N–H and O–H groups in total. The third kappa shape index (κ3) is 4.14. The molecule has 0 aliphatic rings. The largest absolute Gasteiger partial charge is 0.378 e. The fourth-order valence-corrected chi connectivity index (χ4v) is 3.47. The van der Waals surface area contributed by atoms with Crippen LogP contribution in [0.5, 0.6) is 0 Å². The minimum absolute atomic E-state index is 0.169. The summed E-state index contributed by atoms with van der Waals surface area (Å²) in [6.07, 6.45) is 1.71. The molecule has 8 nitrogen and oxygen atoms in total. The molecule has 0 radical (unpaired) electrons. The lowest BCUT2D eigenvalue weighted by Gasteiger charge is -2.13. The maximum absolute atomic E-state index is 12.7. The highest BCUT2D eigenvalue weighted by molar-refractivity contribution is 6.04. The molecule has 0 saturated carbocycles. The van der Waals surface area contributed by atoms with Gasteiger partial charge in [0.1, 0.15) is 5.69 Å². The molecule has 0 spiro atoms. The second-order valence-corrected chi connectivity index (χ2v) is 7.70. The number of carbonyl (C=O) groups excluding carboxylic acids is 1. The molecule has 2 aromatic carbocycles. The van der Waals surface area contributed by atoms with E-state index in [4.69, 9.17) is 5.10 Å². The number of amides is 1. The van der Waals surface area contributed by atoms with Crippen molar-refractivity contribution in [1.29, 1.82) is 0 Å². The highest BCUT2D eigenvalue weighted by Crippen LogP contribution is 2.23. The molecule has 0 saturated heterocycles. The Bertz CT molecular complexity index is 1430. The van der Waals surface area contributed by atoms with Crippen LogP contribution in [0.25, 0.3) is 28.4 Å². The fraction of sp³-hybridized carbons (Fsp3) is 0.0800. The molecule has 3 aromatic heterocycles. The Morgan fingerprint density at radius 1 is 0.879 bits per heavy atom. The van der Waals surface area contributed by atoms with E-state index in [0.29, 0.717) is 28.4 Å². The van der Waals surface area contributed by atoms with Gasteiger partial charge in [-0.25, -0.2) is 0 Å². The summed E-state index contributed by atoms with van der Waals surface area (Å²) in [5.41, 5.74) is 5.22. The minimum Gasteiger partial charge on any atom is -0.378 e. The van der Waals surface area contributed by atoms with E-state index in [9.17, 15) is 4.79 Å². The van der Waals surface area contributed by atoms with Gasteiger partial charge in [0.2, 0.25) is 5.82 Å². The van der Waals surface area contributed by atoms with Crippen LogP contribution in [0.4, 0.5) is 11.4 Å². The molecule has 33 heavy (non-hydrogen) atoms. The Morgan fingerprint density at radius 2 is 1.73 bits per heavy atom. The van der Waals surface area contributed by atoms with E-state index in [0.717, 1.165) is 16.9 Å². The Balaban J connectivity index is 1.42. The van der Waals surface area contributed by atoms with Crippen LogP contribution >= 0.6 is 0 Å². The molecular formula is C25H21N7O. The molecule has 0 aliphatic heterocycles. The first-order valence-electron chi connectivity index (χ1n) is 10.4. The van der Waals surface area contributed by atoms with Crippen LogP contribution in [0, 0.1) is 0 Å². The van der Waals surface area contributed by atoms with Gasteiger partial charge in [-0.1, -0.05) is 18.2 Å². The van der Waals surface area contributed by atoms with Crippen molar-refractivity contribution in [2.45, 2.75) is 0 Å². The summed E-state index contributed by atoms with van der Waals surface area (Å²) in [7, 11) is 3.93. The van der Waals surface area contributed by atoms with Crippen LogP contribution < -0.4 is 10.2 Å². The molecule has 162 valence electrons. The average Bonchev–Trinajstić information content (AvgIpc) is 3.28. The van der Waals surface area contributed by atoms with E-state index in [2.05, 4.69) is 20.5 Å². The summed E-state index contributed by atoms with van der Waals surface area (Å²) < 4.78 is 1.68. The van der Waals surface area contributed by atoms with Gasteiger partial charge in [-0.15, -0.1) is 10.2 Å². The molecule has 0 aliphatic carbocycles. The lowest BCUT2D eigenvalue weighted by molar-refractivity contribution is 0.102. The van der Waals surface area contributed by atoms with Crippen molar-refractivity contribution >= 4 is 22.9 Å². The number of nitrogens with zero attached hydrogens (tertiary/aromatic N) is 6. The number of anilines is 2. The van der Waals surface area contributed by atoms with Crippen LogP contribution in [0.15, 0.2) is 85.1 Å². The molecular weight excluding hydrogens is 414 g/mol. The van der Waals surface area contributed by atoms with E-state index < -0.39 is 0 Å². The summed E-state index contributed by atoms with van der Waals surface area (Å²) >= 11 is 0.